The Kier molecular flexibility index (Phi) is 10.1. The van der Waals surface area contributed by atoms with Crippen molar-refractivity contribution in [3.05, 3.63) is 148 Å². The van der Waals surface area contributed by atoms with Crippen LogP contribution in [-0.4, -0.2) is 38.1 Å². The molecule has 0 saturated carbocycles. The zero-order valence-electron chi connectivity index (χ0n) is 27.4. The fourth-order valence-electron chi connectivity index (χ4n) is 5.74. The number of anilines is 1. The van der Waals surface area contributed by atoms with Crippen LogP contribution in [0, 0.1) is 11.6 Å². The van der Waals surface area contributed by atoms with Crippen LogP contribution < -0.4 is 15.6 Å². The molecule has 0 fully saturated rings. The largest absolute Gasteiger partial charge is 0.452 e. The molecule has 2 aromatic carbocycles. The number of pyridine rings is 2. The highest BCUT2D eigenvalue weighted by atomic mass is 19.1. The molecule has 0 atom stereocenters. The third-order valence-electron chi connectivity index (χ3n) is 8.25. The summed E-state index contributed by atoms with van der Waals surface area (Å²) in [6, 6.07) is 16.0. The third kappa shape index (κ3) is 7.54. The second-order valence-corrected chi connectivity index (χ2v) is 11.7. The Morgan fingerprint density at radius 2 is 1.80 bits per heavy atom. The Hall–Kier alpha value is -5.77. The number of amides is 1. The average molecular weight is 662 g/mol. The zero-order chi connectivity index (χ0) is 34.3. The van der Waals surface area contributed by atoms with E-state index in [1.807, 2.05) is 12.3 Å². The first kappa shape index (κ1) is 33.1. The smallest absolute Gasteiger partial charge is 0.267 e. The Balaban J connectivity index is 1.20. The number of halogens is 2. The number of fused-ring (bicyclic) bond motifs is 1. The maximum atomic E-state index is 15.5. The Labute approximate surface area is 283 Å². The van der Waals surface area contributed by atoms with Crippen LogP contribution in [0.4, 0.5) is 14.5 Å². The van der Waals surface area contributed by atoms with E-state index in [4.69, 9.17) is 4.74 Å². The van der Waals surface area contributed by atoms with Gasteiger partial charge in [-0.05, 0) is 91.6 Å². The van der Waals surface area contributed by atoms with Crippen LogP contribution in [0.2, 0.25) is 0 Å². The molecule has 0 spiro atoms. The summed E-state index contributed by atoms with van der Waals surface area (Å²) in [6.45, 7) is 6.41. The Bertz CT molecular complexity index is 2130. The van der Waals surface area contributed by atoms with E-state index < -0.39 is 23.1 Å². The molecule has 5 aromatic rings. The van der Waals surface area contributed by atoms with Crippen LogP contribution in [0.25, 0.3) is 16.8 Å². The standard InChI is InChI=1S/C39H37F2N5O3/c1-3-5-22-44(21-4-2)31-9-6-8-27(11-15-31)28-24-37(35-19-20-42-46(35)26-28)49-36-18-14-30(25-34(36)41)43-38(47)33-10-7-23-45(39(33)48)32-16-12-29(40)13-17-32/h7-20,23-26H,3-6,21-22H2,1-2H3,(H,43,47). The van der Waals surface area contributed by atoms with E-state index in [-0.39, 0.29) is 17.0 Å². The predicted molar refractivity (Wildman–Crippen MR) is 188 cm³/mol. The molecule has 1 N–H and O–H groups in total. The van der Waals surface area contributed by atoms with Gasteiger partial charge in [0.2, 0.25) is 0 Å². The minimum atomic E-state index is -0.714. The summed E-state index contributed by atoms with van der Waals surface area (Å²) in [6.07, 6.45) is 17.8. The van der Waals surface area contributed by atoms with Crippen molar-refractivity contribution in [1.29, 1.82) is 0 Å². The first-order valence-electron chi connectivity index (χ1n) is 16.4. The molecule has 3 aromatic heterocycles. The number of carbonyl (C=O) groups is 1. The molecule has 49 heavy (non-hydrogen) atoms. The normalized spacial score (nSPS) is 12.7. The molecule has 1 amide bonds. The summed E-state index contributed by atoms with van der Waals surface area (Å²) in [7, 11) is 0. The van der Waals surface area contributed by atoms with Crippen molar-refractivity contribution in [3.63, 3.8) is 0 Å². The van der Waals surface area contributed by atoms with E-state index in [0.29, 0.717) is 17.0 Å². The number of benzene rings is 2. The molecule has 10 heteroatoms. The molecule has 8 nitrogen and oxygen atoms in total. The fourth-order valence-corrected chi connectivity index (χ4v) is 5.74. The average Bonchev–Trinajstić information content (AvgIpc) is 3.45. The number of nitrogens with one attached hydrogen (secondary N) is 1. The van der Waals surface area contributed by atoms with Crippen LogP contribution in [-0.2, 0) is 0 Å². The SMILES string of the molecule is CCCCN(CCC)C1=CCC=C(c2cc(Oc3ccc(NC(=O)c4cccn(-c5ccc(F)cc5)c4=O)cc3F)c3ccnn3c2)C=C1. The van der Waals surface area contributed by atoms with Gasteiger partial charge in [-0.25, -0.2) is 13.3 Å². The summed E-state index contributed by atoms with van der Waals surface area (Å²) in [5.41, 5.74) is 3.52. The van der Waals surface area contributed by atoms with Gasteiger partial charge in [-0.3, -0.25) is 14.2 Å². The van der Waals surface area contributed by atoms with Crippen molar-refractivity contribution in [2.75, 3.05) is 18.4 Å². The molecule has 0 saturated heterocycles. The molecule has 0 unspecified atom stereocenters. The minimum Gasteiger partial charge on any atom is -0.452 e. The quantitative estimate of drug-likeness (QED) is 0.145. The van der Waals surface area contributed by atoms with E-state index in [1.165, 1.54) is 65.0 Å². The molecule has 0 radical (unpaired) electrons. The lowest BCUT2D eigenvalue weighted by molar-refractivity contribution is 0.102. The van der Waals surface area contributed by atoms with Crippen LogP contribution in [0.15, 0.2) is 120 Å². The number of carbonyl (C=O) groups excluding carboxylic acids is 1. The van der Waals surface area contributed by atoms with Gasteiger partial charge >= 0.3 is 0 Å². The van der Waals surface area contributed by atoms with Gasteiger partial charge in [0, 0.05) is 54.2 Å². The number of aromatic nitrogens is 3. The highest BCUT2D eigenvalue weighted by Crippen LogP contribution is 2.33. The summed E-state index contributed by atoms with van der Waals surface area (Å²) < 4.78 is 37.9. The van der Waals surface area contributed by atoms with Crippen LogP contribution in [0.5, 0.6) is 11.5 Å². The van der Waals surface area contributed by atoms with E-state index >= 15 is 4.39 Å². The molecule has 3 heterocycles. The lowest BCUT2D eigenvalue weighted by Gasteiger charge is -2.25. The summed E-state index contributed by atoms with van der Waals surface area (Å²) in [5, 5.41) is 7.00. The van der Waals surface area contributed by atoms with Gasteiger partial charge in [0.1, 0.15) is 16.9 Å². The van der Waals surface area contributed by atoms with Crippen LogP contribution >= 0.6 is 0 Å². The fraction of sp³-hybridized carbons (Fsp3) is 0.205. The number of rotatable bonds is 12. The molecule has 1 aliphatic rings. The Morgan fingerprint density at radius 3 is 2.57 bits per heavy atom. The van der Waals surface area contributed by atoms with Gasteiger partial charge in [0.05, 0.1) is 6.20 Å². The molecule has 1 aliphatic carbocycles. The van der Waals surface area contributed by atoms with Crippen molar-refractivity contribution in [2.24, 2.45) is 0 Å². The molecule has 250 valence electrons. The van der Waals surface area contributed by atoms with Gasteiger partial charge in [0.25, 0.3) is 11.5 Å². The van der Waals surface area contributed by atoms with Gasteiger partial charge in [0.15, 0.2) is 17.3 Å². The third-order valence-corrected chi connectivity index (χ3v) is 8.25. The van der Waals surface area contributed by atoms with E-state index in [1.54, 1.807) is 16.8 Å². The van der Waals surface area contributed by atoms with E-state index in [0.717, 1.165) is 56.0 Å². The monoisotopic (exact) mass is 661 g/mol. The van der Waals surface area contributed by atoms with Crippen LogP contribution in [0.3, 0.4) is 0 Å². The van der Waals surface area contributed by atoms with Gasteiger partial charge in [-0.2, -0.15) is 5.10 Å². The second-order valence-electron chi connectivity index (χ2n) is 11.7. The van der Waals surface area contributed by atoms with Crippen molar-refractivity contribution in [3.8, 4) is 17.2 Å². The summed E-state index contributed by atoms with van der Waals surface area (Å²) >= 11 is 0. The lowest BCUT2D eigenvalue weighted by Crippen LogP contribution is -2.27. The molecular formula is C39H37F2N5O3. The predicted octanol–water partition coefficient (Wildman–Crippen LogP) is 8.55. The van der Waals surface area contributed by atoms with Crippen molar-refractivity contribution in [2.45, 2.75) is 39.5 Å². The minimum absolute atomic E-state index is 0.0444. The van der Waals surface area contributed by atoms with Crippen LogP contribution in [0.1, 0.15) is 55.5 Å². The number of nitrogens with zero attached hydrogens (tertiary/aromatic N) is 4. The molecular weight excluding hydrogens is 624 g/mol. The van der Waals surface area contributed by atoms with Crippen molar-refractivity contribution < 1.29 is 18.3 Å². The first-order valence-corrected chi connectivity index (χ1v) is 16.4. The lowest BCUT2D eigenvalue weighted by atomic mass is 10.1. The number of hydrogen-bond donors (Lipinski definition) is 1. The topological polar surface area (TPSA) is 80.9 Å². The maximum absolute atomic E-state index is 15.5. The second kappa shape index (κ2) is 15.0. The summed E-state index contributed by atoms with van der Waals surface area (Å²) in [5.74, 6) is -1.49. The highest BCUT2D eigenvalue weighted by Gasteiger charge is 2.17. The number of ether oxygens (including phenoxy) is 1. The first-order chi connectivity index (χ1) is 23.8. The molecule has 6 rings (SSSR count). The number of unbranched alkanes of at least 4 members (excludes halogenated alkanes) is 1. The van der Waals surface area contributed by atoms with Crippen molar-refractivity contribution in [1.82, 2.24) is 19.1 Å². The molecule has 0 aliphatic heterocycles. The number of hydrogen-bond acceptors (Lipinski definition) is 5. The number of allylic oxidation sites excluding steroid dienone is 5. The zero-order valence-corrected chi connectivity index (χ0v) is 27.4. The van der Waals surface area contributed by atoms with Gasteiger partial charge in [-0.15, -0.1) is 0 Å². The maximum Gasteiger partial charge on any atom is 0.267 e. The van der Waals surface area contributed by atoms with E-state index in [2.05, 4.69) is 53.5 Å². The van der Waals surface area contributed by atoms with Crippen molar-refractivity contribution >= 4 is 22.7 Å². The van der Waals surface area contributed by atoms with E-state index in [9.17, 15) is 14.0 Å². The highest BCUT2D eigenvalue weighted by molar-refractivity contribution is 6.04. The Morgan fingerprint density at radius 1 is 0.959 bits per heavy atom. The summed E-state index contributed by atoms with van der Waals surface area (Å²) in [4.78, 5) is 28.6. The van der Waals surface area contributed by atoms with Gasteiger partial charge < -0.3 is 15.0 Å². The molecule has 0 bridgehead atoms. The van der Waals surface area contributed by atoms with Gasteiger partial charge in [-0.1, -0.05) is 38.5 Å².